The molecule has 0 saturated carbocycles. The van der Waals surface area contributed by atoms with Gasteiger partial charge in [0.1, 0.15) is 5.54 Å². The van der Waals surface area contributed by atoms with Crippen LogP contribution in [0.4, 0.5) is 11.4 Å². The van der Waals surface area contributed by atoms with E-state index in [-0.39, 0.29) is 17.9 Å². The van der Waals surface area contributed by atoms with Gasteiger partial charge in [0.05, 0.1) is 11.4 Å². The van der Waals surface area contributed by atoms with Crippen molar-refractivity contribution in [1.82, 2.24) is 10.2 Å². The Hall–Kier alpha value is -2.08. The SMILES string of the molecule is CC(C)NC(=O)CCN1CCC2(CC1)Nc1ccccc1NC2=O. The van der Waals surface area contributed by atoms with Crippen LogP contribution in [0.25, 0.3) is 0 Å². The standard InChI is InChI=1S/C18H26N4O2/c1-13(2)19-16(23)7-10-22-11-8-18(9-12-22)17(24)20-14-5-3-4-6-15(14)21-18/h3-6,13,21H,7-12H2,1-2H3,(H,19,23)(H,20,24). The topological polar surface area (TPSA) is 73.5 Å². The number of hydrogen-bond acceptors (Lipinski definition) is 4. The summed E-state index contributed by atoms with van der Waals surface area (Å²) < 4.78 is 0. The van der Waals surface area contributed by atoms with Gasteiger partial charge in [-0.1, -0.05) is 12.1 Å². The predicted octanol–water partition coefficient (Wildman–Crippen LogP) is 1.80. The van der Waals surface area contributed by atoms with Gasteiger partial charge < -0.3 is 20.9 Å². The second-order valence-electron chi connectivity index (χ2n) is 7.02. The first-order valence-electron chi connectivity index (χ1n) is 8.69. The zero-order valence-electron chi connectivity index (χ0n) is 14.4. The molecule has 0 bridgehead atoms. The molecule has 0 unspecified atom stereocenters. The average Bonchev–Trinajstić information content (AvgIpc) is 2.55. The molecule has 1 aromatic carbocycles. The number of piperidine rings is 1. The third-order valence-electron chi connectivity index (χ3n) is 4.80. The monoisotopic (exact) mass is 330 g/mol. The molecule has 2 aliphatic heterocycles. The van der Waals surface area contributed by atoms with Crippen LogP contribution < -0.4 is 16.0 Å². The number of amides is 2. The van der Waals surface area contributed by atoms with E-state index in [0.29, 0.717) is 6.42 Å². The molecule has 6 nitrogen and oxygen atoms in total. The summed E-state index contributed by atoms with van der Waals surface area (Å²) >= 11 is 0. The second-order valence-corrected chi connectivity index (χ2v) is 7.02. The fourth-order valence-electron chi connectivity index (χ4n) is 3.42. The molecule has 6 heteroatoms. The van der Waals surface area contributed by atoms with Gasteiger partial charge in [-0.15, -0.1) is 0 Å². The highest BCUT2D eigenvalue weighted by molar-refractivity contribution is 6.06. The largest absolute Gasteiger partial charge is 0.369 e. The molecule has 0 atom stereocenters. The van der Waals surface area contributed by atoms with E-state index in [1.807, 2.05) is 38.1 Å². The molecule has 1 saturated heterocycles. The summed E-state index contributed by atoms with van der Waals surface area (Å²) in [6.07, 6.45) is 2.01. The molecule has 0 radical (unpaired) electrons. The number of fused-ring (bicyclic) bond motifs is 1. The molecule has 3 rings (SSSR count). The number of hydrogen-bond donors (Lipinski definition) is 3. The maximum absolute atomic E-state index is 12.6. The molecule has 1 fully saturated rings. The number of carbonyl (C=O) groups is 2. The molecule has 130 valence electrons. The number of likely N-dealkylation sites (tertiary alicyclic amines) is 1. The summed E-state index contributed by atoms with van der Waals surface area (Å²) in [7, 11) is 0. The number of carbonyl (C=O) groups excluding carboxylic acids is 2. The van der Waals surface area contributed by atoms with Gasteiger partial charge in [-0.25, -0.2) is 0 Å². The predicted molar refractivity (Wildman–Crippen MR) is 95.0 cm³/mol. The van der Waals surface area contributed by atoms with Crippen molar-refractivity contribution in [3.05, 3.63) is 24.3 Å². The third kappa shape index (κ3) is 3.53. The molecule has 2 heterocycles. The van der Waals surface area contributed by atoms with Crippen LogP contribution in [0.3, 0.4) is 0 Å². The molecule has 3 N–H and O–H groups in total. The van der Waals surface area contributed by atoms with Crippen LogP contribution in [0.15, 0.2) is 24.3 Å². The van der Waals surface area contributed by atoms with Crippen LogP contribution in [0, 0.1) is 0 Å². The lowest BCUT2D eigenvalue weighted by atomic mass is 9.84. The zero-order valence-corrected chi connectivity index (χ0v) is 14.4. The molecule has 2 aliphatic rings. The zero-order chi connectivity index (χ0) is 17.2. The van der Waals surface area contributed by atoms with E-state index < -0.39 is 5.54 Å². The van der Waals surface area contributed by atoms with Crippen molar-refractivity contribution in [3.8, 4) is 0 Å². The number of para-hydroxylation sites is 2. The van der Waals surface area contributed by atoms with E-state index in [1.54, 1.807) is 0 Å². The van der Waals surface area contributed by atoms with Crippen LogP contribution >= 0.6 is 0 Å². The fraction of sp³-hybridized carbons (Fsp3) is 0.556. The Kier molecular flexibility index (Phi) is 4.76. The summed E-state index contributed by atoms with van der Waals surface area (Å²) in [5.74, 6) is 0.145. The van der Waals surface area contributed by atoms with Gasteiger partial charge in [0.15, 0.2) is 0 Å². The van der Waals surface area contributed by atoms with Crippen molar-refractivity contribution in [3.63, 3.8) is 0 Å². The van der Waals surface area contributed by atoms with Gasteiger partial charge in [-0.2, -0.15) is 0 Å². The van der Waals surface area contributed by atoms with E-state index in [0.717, 1.165) is 43.9 Å². The van der Waals surface area contributed by atoms with Crippen LogP contribution in [0.5, 0.6) is 0 Å². The second kappa shape index (κ2) is 6.81. The lowest BCUT2D eigenvalue weighted by molar-refractivity contribution is -0.124. The molecule has 0 aromatic heterocycles. The Morgan fingerprint density at radius 3 is 2.58 bits per heavy atom. The van der Waals surface area contributed by atoms with E-state index in [1.165, 1.54) is 0 Å². The van der Waals surface area contributed by atoms with Crippen LogP contribution in [-0.4, -0.2) is 47.9 Å². The number of nitrogens with zero attached hydrogens (tertiary/aromatic N) is 1. The van der Waals surface area contributed by atoms with Crippen molar-refractivity contribution in [2.75, 3.05) is 30.3 Å². The molecular formula is C18H26N4O2. The molecular weight excluding hydrogens is 304 g/mol. The summed E-state index contributed by atoms with van der Waals surface area (Å²) in [4.78, 5) is 26.6. The maximum Gasteiger partial charge on any atom is 0.250 e. The smallest absolute Gasteiger partial charge is 0.250 e. The van der Waals surface area contributed by atoms with Crippen molar-refractivity contribution in [2.45, 2.75) is 44.7 Å². The molecule has 1 spiro atoms. The Labute approximate surface area is 143 Å². The van der Waals surface area contributed by atoms with Crippen LogP contribution in [0.2, 0.25) is 0 Å². The normalized spacial score (nSPS) is 19.5. The Morgan fingerprint density at radius 1 is 1.25 bits per heavy atom. The fourth-order valence-corrected chi connectivity index (χ4v) is 3.42. The van der Waals surface area contributed by atoms with Gasteiger partial charge in [-0.05, 0) is 38.8 Å². The van der Waals surface area contributed by atoms with Crippen molar-refractivity contribution in [2.24, 2.45) is 0 Å². The number of rotatable bonds is 4. The van der Waals surface area contributed by atoms with E-state index in [2.05, 4.69) is 20.9 Å². The van der Waals surface area contributed by atoms with E-state index in [9.17, 15) is 9.59 Å². The summed E-state index contributed by atoms with van der Waals surface area (Å²) in [5, 5.41) is 9.39. The van der Waals surface area contributed by atoms with Gasteiger partial charge in [-0.3, -0.25) is 9.59 Å². The minimum atomic E-state index is -0.523. The highest BCUT2D eigenvalue weighted by Gasteiger charge is 2.44. The Balaban J connectivity index is 1.55. The minimum Gasteiger partial charge on any atom is -0.369 e. The molecule has 2 amide bonds. The molecule has 24 heavy (non-hydrogen) atoms. The molecule has 1 aromatic rings. The molecule has 0 aliphatic carbocycles. The van der Waals surface area contributed by atoms with Crippen LogP contribution in [-0.2, 0) is 9.59 Å². The Bertz CT molecular complexity index is 621. The number of anilines is 2. The van der Waals surface area contributed by atoms with Gasteiger partial charge in [0.25, 0.3) is 0 Å². The lowest BCUT2D eigenvalue weighted by Gasteiger charge is -2.44. The first-order valence-corrected chi connectivity index (χ1v) is 8.69. The quantitative estimate of drug-likeness (QED) is 0.787. The van der Waals surface area contributed by atoms with Crippen molar-refractivity contribution in [1.29, 1.82) is 0 Å². The highest BCUT2D eigenvalue weighted by atomic mass is 16.2. The maximum atomic E-state index is 12.6. The average molecular weight is 330 g/mol. The first kappa shape index (κ1) is 16.8. The van der Waals surface area contributed by atoms with Crippen molar-refractivity contribution >= 4 is 23.2 Å². The number of nitrogens with one attached hydrogen (secondary N) is 3. The van der Waals surface area contributed by atoms with Gasteiger partial charge >= 0.3 is 0 Å². The van der Waals surface area contributed by atoms with Gasteiger partial charge in [0, 0.05) is 32.1 Å². The van der Waals surface area contributed by atoms with Gasteiger partial charge in [0.2, 0.25) is 11.8 Å². The lowest BCUT2D eigenvalue weighted by Crippen LogP contribution is -2.58. The van der Waals surface area contributed by atoms with Crippen molar-refractivity contribution < 1.29 is 9.59 Å². The van der Waals surface area contributed by atoms with Crippen LogP contribution in [0.1, 0.15) is 33.1 Å². The summed E-state index contributed by atoms with van der Waals surface area (Å²) in [5.41, 5.74) is 1.31. The summed E-state index contributed by atoms with van der Waals surface area (Å²) in [6.45, 7) is 6.31. The minimum absolute atomic E-state index is 0.0541. The Morgan fingerprint density at radius 2 is 1.92 bits per heavy atom. The highest BCUT2D eigenvalue weighted by Crippen LogP contribution is 2.36. The third-order valence-corrected chi connectivity index (χ3v) is 4.80. The van der Waals surface area contributed by atoms with E-state index in [4.69, 9.17) is 0 Å². The first-order chi connectivity index (χ1) is 11.5. The van der Waals surface area contributed by atoms with E-state index >= 15 is 0 Å². The number of benzene rings is 1. The summed E-state index contributed by atoms with van der Waals surface area (Å²) in [6, 6.07) is 7.98.